The minimum absolute atomic E-state index is 0.00354. The largest absolute Gasteiger partial charge is 0.368 e. The lowest BCUT2D eigenvalue weighted by Crippen LogP contribution is -2.30. The van der Waals surface area contributed by atoms with Crippen LogP contribution < -0.4 is 11.1 Å². The number of nitrogens with one attached hydrogen (secondary N) is 1. The van der Waals surface area contributed by atoms with Gasteiger partial charge in [-0.05, 0) is 33.3 Å². The highest BCUT2D eigenvalue weighted by Crippen LogP contribution is 2.30. The molecule has 0 aliphatic rings. The van der Waals surface area contributed by atoms with E-state index in [0.717, 1.165) is 22.5 Å². The Bertz CT molecular complexity index is 545. The number of aryl methyl sites for hydroxylation is 1. The molecule has 0 aliphatic heterocycles. The van der Waals surface area contributed by atoms with E-state index in [1.165, 1.54) is 4.88 Å². The first-order chi connectivity index (χ1) is 7.91. The first kappa shape index (κ1) is 12.1. The highest BCUT2D eigenvalue weighted by molar-refractivity contribution is 7.18. The van der Waals surface area contributed by atoms with Crippen LogP contribution in [0.5, 0.6) is 0 Å². The normalized spacial score (nSPS) is 12.0. The Morgan fingerprint density at radius 2 is 2.12 bits per heavy atom. The van der Waals surface area contributed by atoms with E-state index in [2.05, 4.69) is 49.0 Å². The highest BCUT2D eigenvalue weighted by Gasteiger charge is 2.18. The van der Waals surface area contributed by atoms with Crippen molar-refractivity contribution in [2.75, 3.05) is 11.1 Å². The van der Waals surface area contributed by atoms with Crippen molar-refractivity contribution >= 4 is 33.3 Å². The van der Waals surface area contributed by atoms with Gasteiger partial charge >= 0.3 is 0 Å². The summed E-state index contributed by atoms with van der Waals surface area (Å²) in [6.45, 7) is 8.51. The van der Waals surface area contributed by atoms with E-state index in [4.69, 9.17) is 5.73 Å². The molecular weight excluding hydrogens is 232 g/mol. The molecule has 0 unspecified atom stereocenters. The standard InChI is InChI=1S/C12H18N4S/c1-5-12(3,4)16-9-8-6-7(2)17-10(8)15-11(13)14-9/h6H,5H2,1-4H3,(H3,13,14,15,16). The number of thiophene rings is 1. The third-order valence-corrected chi connectivity index (χ3v) is 3.82. The highest BCUT2D eigenvalue weighted by atomic mass is 32.1. The number of anilines is 2. The monoisotopic (exact) mass is 250 g/mol. The van der Waals surface area contributed by atoms with Crippen LogP contribution in [0, 0.1) is 6.92 Å². The smallest absolute Gasteiger partial charge is 0.223 e. The Labute approximate surface area is 105 Å². The van der Waals surface area contributed by atoms with Crippen LogP contribution in [-0.4, -0.2) is 15.5 Å². The Kier molecular flexibility index (Phi) is 2.95. The number of nitrogens with zero attached hydrogens (tertiary/aromatic N) is 2. The molecule has 0 bridgehead atoms. The molecule has 0 saturated heterocycles. The number of nitrogen functional groups attached to an aromatic ring is 1. The third-order valence-electron chi connectivity index (χ3n) is 2.87. The van der Waals surface area contributed by atoms with Crippen molar-refractivity contribution in [1.82, 2.24) is 9.97 Å². The fourth-order valence-corrected chi connectivity index (χ4v) is 2.45. The molecule has 0 saturated carbocycles. The number of hydrogen-bond donors (Lipinski definition) is 2. The van der Waals surface area contributed by atoms with Crippen molar-refractivity contribution in [1.29, 1.82) is 0 Å². The number of aromatic nitrogens is 2. The van der Waals surface area contributed by atoms with Crippen LogP contribution in [0.25, 0.3) is 10.2 Å². The van der Waals surface area contributed by atoms with E-state index in [1.807, 2.05) is 0 Å². The summed E-state index contributed by atoms with van der Waals surface area (Å²) in [6.07, 6.45) is 1.02. The molecule has 17 heavy (non-hydrogen) atoms. The molecule has 2 aromatic heterocycles. The van der Waals surface area contributed by atoms with E-state index in [9.17, 15) is 0 Å². The summed E-state index contributed by atoms with van der Waals surface area (Å²) in [7, 11) is 0. The molecule has 0 aliphatic carbocycles. The van der Waals surface area contributed by atoms with E-state index in [1.54, 1.807) is 11.3 Å². The van der Waals surface area contributed by atoms with E-state index < -0.39 is 0 Å². The first-order valence-electron chi connectivity index (χ1n) is 5.73. The molecule has 0 radical (unpaired) electrons. The van der Waals surface area contributed by atoms with Crippen molar-refractivity contribution in [3.05, 3.63) is 10.9 Å². The zero-order chi connectivity index (χ0) is 12.6. The second-order valence-electron chi connectivity index (χ2n) is 4.87. The fraction of sp³-hybridized carbons (Fsp3) is 0.500. The Morgan fingerprint density at radius 3 is 2.76 bits per heavy atom. The van der Waals surface area contributed by atoms with Crippen molar-refractivity contribution in [2.24, 2.45) is 0 Å². The predicted octanol–water partition coefficient (Wildman–Crippen LogP) is 3.18. The summed E-state index contributed by atoms with van der Waals surface area (Å²) in [5.74, 6) is 1.16. The molecule has 2 heterocycles. The quantitative estimate of drug-likeness (QED) is 0.878. The Balaban J connectivity index is 2.52. The minimum Gasteiger partial charge on any atom is -0.368 e. The van der Waals surface area contributed by atoms with Crippen molar-refractivity contribution in [3.8, 4) is 0 Å². The molecular formula is C12H18N4S. The van der Waals surface area contributed by atoms with Gasteiger partial charge in [-0.2, -0.15) is 4.98 Å². The maximum atomic E-state index is 5.74. The zero-order valence-corrected chi connectivity index (χ0v) is 11.5. The summed E-state index contributed by atoms with van der Waals surface area (Å²) < 4.78 is 0. The third kappa shape index (κ3) is 2.49. The lowest BCUT2D eigenvalue weighted by molar-refractivity contribution is 0.546. The lowest BCUT2D eigenvalue weighted by atomic mass is 10.0. The first-order valence-corrected chi connectivity index (χ1v) is 6.55. The summed E-state index contributed by atoms with van der Waals surface area (Å²) in [4.78, 5) is 10.7. The molecule has 0 aromatic carbocycles. The van der Waals surface area contributed by atoms with Gasteiger partial charge in [0.15, 0.2) is 0 Å². The number of hydrogen-bond acceptors (Lipinski definition) is 5. The second kappa shape index (κ2) is 4.14. The average Bonchev–Trinajstić information content (AvgIpc) is 2.58. The SMILES string of the molecule is CCC(C)(C)Nc1nc(N)nc2sc(C)cc12. The van der Waals surface area contributed by atoms with Crippen LogP contribution >= 0.6 is 11.3 Å². The maximum Gasteiger partial charge on any atom is 0.223 e. The van der Waals surface area contributed by atoms with Crippen LogP contribution in [0.4, 0.5) is 11.8 Å². The van der Waals surface area contributed by atoms with Gasteiger partial charge in [-0.15, -0.1) is 11.3 Å². The van der Waals surface area contributed by atoms with Gasteiger partial charge in [0.1, 0.15) is 10.6 Å². The number of rotatable bonds is 3. The van der Waals surface area contributed by atoms with Crippen LogP contribution in [0.1, 0.15) is 32.1 Å². The van der Waals surface area contributed by atoms with Crippen molar-refractivity contribution in [3.63, 3.8) is 0 Å². The van der Waals surface area contributed by atoms with Crippen LogP contribution in [0.3, 0.4) is 0 Å². The van der Waals surface area contributed by atoms with Crippen LogP contribution in [0.2, 0.25) is 0 Å². The maximum absolute atomic E-state index is 5.74. The second-order valence-corrected chi connectivity index (χ2v) is 6.10. The minimum atomic E-state index is 0.00354. The topological polar surface area (TPSA) is 63.8 Å². The Hall–Kier alpha value is -1.36. The zero-order valence-electron chi connectivity index (χ0n) is 10.7. The predicted molar refractivity (Wildman–Crippen MR) is 74.6 cm³/mol. The molecule has 2 aromatic rings. The van der Waals surface area contributed by atoms with Crippen molar-refractivity contribution in [2.45, 2.75) is 39.7 Å². The van der Waals surface area contributed by atoms with E-state index in [-0.39, 0.29) is 5.54 Å². The fourth-order valence-electron chi connectivity index (χ4n) is 1.56. The van der Waals surface area contributed by atoms with E-state index >= 15 is 0 Å². The summed E-state index contributed by atoms with van der Waals surface area (Å²) in [5, 5.41) is 4.50. The van der Waals surface area contributed by atoms with Crippen LogP contribution in [-0.2, 0) is 0 Å². The molecule has 0 fully saturated rings. The Morgan fingerprint density at radius 1 is 1.41 bits per heavy atom. The van der Waals surface area contributed by atoms with Crippen LogP contribution in [0.15, 0.2) is 6.07 Å². The molecule has 5 heteroatoms. The molecule has 0 spiro atoms. The van der Waals surface area contributed by atoms with Gasteiger partial charge in [0.2, 0.25) is 5.95 Å². The molecule has 0 atom stereocenters. The molecule has 4 nitrogen and oxygen atoms in total. The molecule has 92 valence electrons. The summed E-state index contributed by atoms with van der Waals surface area (Å²) in [5.41, 5.74) is 5.74. The van der Waals surface area contributed by atoms with Gasteiger partial charge in [0.25, 0.3) is 0 Å². The van der Waals surface area contributed by atoms with Gasteiger partial charge < -0.3 is 11.1 Å². The summed E-state index contributed by atoms with van der Waals surface area (Å²) >= 11 is 1.64. The van der Waals surface area contributed by atoms with Gasteiger partial charge in [-0.3, -0.25) is 0 Å². The molecule has 0 amide bonds. The molecule has 2 rings (SSSR count). The van der Waals surface area contributed by atoms with Gasteiger partial charge in [0, 0.05) is 10.4 Å². The van der Waals surface area contributed by atoms with Gasteiger partial charge in [0.05, 0.1) is 5.39 Å². The van der Waals surface area contributed by atoms with Crippen molar-refractivity contribution < 1.29 is 0 Å². The van der Waals surface area contributed by atoms with E-state index in [0.29, 0.717) is 5.95 Å². The van der Waals surface area contributed by atoms with Gasteiger partial charge in [-0.1, -0.05) is 6.92 Å². The molecule has 3 N–H and O–H groups in total. The lowest BCUT2D eigenvalue weighted by Gasteiger charge is -2.25. The van der Waals surface area contributed by atoms with Gasteiger partial charge in [-0.25, -0.2) is 4.98 Å². The average molecular weight is 250 g/mol. The summed E-state index contributed by atoms with van der Waals surface area (Å²) in [6, 6.07) is 2.10. The number of nitrogens with two attached hydrogens (primary N) is 1. The number of fused-ring (bicyclic) bond motifs is 1.